The average Bonchev–Trinajstić information content (AvgIpc) is 3.55. The van der Waals surface area contributed by atoms with E-state index in [4.69, 9.17) is 9.47 Å². The second-order valence-corrected chi connectivity index (χ2v) is 15.3. The molecular weight excluding hydrogens is 640 g/mol. The summed E-state index contributed by atoms with van der Waals surface area (Å²) in [6, 6.07) is 6.79. The number of hydrogen-bond acceptors (Lipinski definition) is 7. The molecule has 0 saturated carbocycles. The van der Waals surface area contributed by atoms with Crippen LogP contribution in [0.3, 0.4) is 0 Å². The van der Waals surface area contributed by atoms with Gasteiger partial charge in [0.15, 0.2) is 0 Å². The predicted molar refractivity (Wildman–Crippen MR) is 193 cm³/mol. The number of methoxy groups -OCH3 is 2. The van der Waals surface area contributed by atoms with Crippen molar-refractivity contribution in [3.8, 4) is 0 Å². The van der Waals surface area contributed by atoms with Gasteiger partial charge >= 0.3 is 6.09 Å². The van der Waals surface area contributed by atoms with Crippen LogP contribution < -0.4 is 5.32 Å². The second-order valence-electron chi connectivity index (χ2n) is 15.3. The van der Waals surface area contributed by atoms with Crippen molar-refractivity contribution in [2.75, 3.05) is 27.8 Å². The van der Waals surface area contributed by atoms with E-state index in [1.54, 1.807) is 51.5 Å². The lowest BCUT2D eigenvalue weighted by Gasteiger charge is -2.45. The topological polar surface area (TPSA) is 149 Å². The molecule has 1 saturated heterocycles. The molecular formula is C38H64N4O8. The number of amides is 4. The molecule has 0 bridgehead atoms. The molecule has 3 N–H and O–H groups in total. The highest BCUT2D eigenvalue weighted by molar-refractivity contribution is 5.86. The molecule has 2 rings (SSSR count). The zero-order chi connectivity index (χ0) is 38.1. The Morgan fingerprint density at radius 3 is 2.10 bits per heavy atom. The third kappa shape index (κ3) is 10.4. The number of aliphatic hydroxyl groups excluding tert-OH is 1. The standard InChI is InChI=1S/C38H64N4O8/c1-13-24(4)32(40(10)36(46)31(23(2)3)42(37(47)48)38(7,8)9)29(49-11)22-30(43)41-21-17-20-28(41)34(50-12)25(5)35(45)39-26(6)33(44)27-18-15-14-16-19-27/h14-16,18-19,23-26,28-29,31-34,44H,13,17,20-22H2,1-12H3,(H,39,45)(H,47,48)/t24-,25+,26+,28?,29+,31?,32-,33+,34+/m0/s1. The highest BCUT2D eigenvalue weighted by Gasteiger charge is 2.45. The summed E-state index contributed by atoms with van der Waals surface area (Å²) in [4.78, 5) is 58.8. The molecule has 12 heteroatoms. The number of likely N-dealkylation sites (N-methyl/N-ethyl adjacent to an activating group) is 1. The maximum Gasteiger partial charge on any atom is 0.408 e. The Morgan fingerprint density at radius 2 is 1.62 bits per heavy atom. The molecule has 1 aliphatic heterocycles. The number of aliphatic hydroxyl groups is 1. The molecule has 9 atom stereocenters. The fraction of sp³-hybridized carbons (Fsp3) is 0.737. The number of carbonyl (C=O) groups is 4. The van der Waals surface area contributed by atoms with Crippen LogP contribution in [0, 0.1) is 17.8 Å². The van der Waals surface area contributed by atoms with Gasteiger partial charge in [-0.05, 0) is 57.9 Å². The molecule has 0 radical (unpaired) electrons. The van der Waals surface area contributed by atoms with Gasteiger partial charge in [-0.25, -0.2) is 4.79 Å². The van der Waals surface area contributed by atoms with Gasteiger partial charge in [0.1, 0.15) is 6.04 Å². The number of nitrogens with zero attached hydrogens (tertiary/aromatic N) is 3. The number of benzene rings is 1. The molecule has 2 unspecified atom stereocenters. The van der Waals surface area contributed by atoms with Crippen molar-refractivity contribution in [2.24, 2.45) is 17.8 Å². The zero-order valence-electron chi connectivity index (χ0n) is 32.4. The Labute approximate surface area is 299 Å². The molecule has 0 aliphatic carbocycles. The zero-order valence-corrected chi connectivity index (χ0v) is 32.4. The average molecular weight is 705 g/mol. The molecule has 1 aromatic carbocycles. The SMILES string of the molecule is CC[C@H](C)[C@@H]([C@@H](CC(=O)N1CCCC1[C@H](OC)[C@@H](C)C(=O)N[C@H](C)[C@@H](O)c1ccccc1)OC)N(C)C(=O)C(C(C)C)N(C(=O)O)C(C)(C)C. The number of ether oxygens (including phenoxy) is 2. The van der Waals surface area contributed by atoms with Crippen LogP contribution in [0.15, 0.2) is 30.3 Å². The lowest BCUT2D eigenvalue weighted by molar-refractivity contribution is -0.149. The Hall–Kier alpha value is -3.22. The van der Waals surface area contributed by atoms with E-state index in [1.165, 1.54) is 19.1 Å². The summed E-state index contributed by atoms with van der Waals surface area (Å²) in [7, 11) is 4.74. The first-order chi connectivity index (χ1) is 23.3. The summed E-state index contributed by atoms with van der Waals surface area (Å²) >= 11 is 0. The van der Waals surface area contributed by atoms with E-state index in [-0.39, 0.29) is 42.0 Å². The van der Waals surface area contributed by atoms with Crippen LogP contribution in [0.1, 0.15) is 99.7 Å². The van der Waals surface area contributed by atoms with Crippen molar-refractivity contribution in [1.82, 2.24) is 20.0 Å². The Balaban J connectivity index is 2.29. The van der Waals surface area contributed by atoms with Crippen LogP contribution in [0.25, 0.3) is 0 Å². The van der Waals surface area contributed by atoms with Gasteiger partial charge in [-0.15, -0.1) is 0 Å². The minimum Gasteiger partial charge on any atom is -0.465 e. The molecule has 50 heavy (non-hydrogen) atoms. The van der Waals surface area contributed by atoms with Crippen molar-refractivity contribution in [2.45, 2.75) is 136 Å². The van der Waals surface area contributed by atoms with Gasteiger partial charge in [0.2, 0.25) is 17.7 Å². The second kappa shape index (κ2) is 18.9. The lowest BCUT2D eigenvalue weighted by Crippen LogP contribution is -2.62. The molecule has 1 fully saturated rings. The monoisotopic (exact) mass is 704 g/mol. The third-order valence-electron chi connectivity index (χ3n) is 10.3. The predicted octanol–water partition coefficient (Wildman–Crippen LogP) is 4.95. The summed E-state index contributed by atoms with van der Waals surface area (Å²) < 4.78 is 11.9. The van der Waals surface area contributed by atoms with Crippen LogP contribution in [0.2, 0.25) is 0 Å². The highest BCUT2D eigenvalue weighted by atomic mass is 16.5. The number of hydrogen-bond donors (Lipinski definition) is 3. The van der Waals surface area contributed by atoms with Gasteiger partial charge < -0.3 is 34.8 Å². The number of rotatable bonds is 17. The van der Waals surface area contributed by atoms with E-state index >= 15 is 0 Å². The number of likely N-dealkylation sites (tertiary alicyclic amines) is 1. The largest absolute Gasteiger partial charge is 0.465 e. The van der Waals surface area contributed by atoms with Gasteiger partial charge in [-0.2, -0.15) is 0 Å². The summed E-state index contributed by atoms with van der Waals surface area (Å²) in [5.74, 6) is -1.79. The third-order valence-corrected chi connectivity index (χ3v) is 10.3. The summed E-state index contributed by atoms with van der Waals surface area (Å²) in [5, 5.41) is 23.9. The molecule has 12 nitrogen and oxygen atoms in total. The molecule has 284 valence electrons. The van der Waals surface area contributed by atoms with Crippen molar-refractivity contribution in [3.63, 3.8) is 0 Å². The quantitative estimate of drug-likeness (QED) is 0.206. The lowest BCUT2D eigenvalue weighted by atomic mass is 9.88. The van der Waals surface area contributed by atoms with Crippen molar-refractivity contribution in [1.29, 1.82) is 0 Å². The first-order valence-corrected chi connectivity index (χ1v) is 18.0. The van der Waals surface area contributed by atoms with Crippen LogP contribution in [-0.4, -0.2) is 118 Å². The minimum absolute atomic E-state index is 0.00873. The number of carboxylic acid groups (broad SMARTS) is 1. The van der Waals surface area contributed by atoms with E-state index < -0.39 is 54.0 Å². The summed E-state index contributed by atoms with van der Waals surface area (Å²) in [6.45, 7) is 17.0. The number of carbonyl (C=O) groups excluding carboxylic acids is 3. The van der Waals surface area contributed by atoms with Crippen molar-refractivity contribution in [3.05, 3.63) is 35.9 Å². The van der Waals surface area contributed by atoms with E-state index in [0.717, 1.165) is 6.42 Å². The first-order valence-electron chi connectivity index (χ1n) is 18.0. The number of nitrogens with one attached hydrogen (secondary N) is 1. The Bertz CT molecular complexity index is 1250. The van der Waals surface area contributed by atoms with Gasteiger partial charge in [0, 0.05) is 33.4 Å². The van der Waals surface area contributed by atoms with Crippen molar-refractivity contribution < 1.29 is 38.9 Å². The van der Waals surface area contributed by atoms with Crippen LogP contribution in [0.5, 0.6) is 0 Å². The smallest absolute Gasteiger partial charge is 0.408 e. The molecule has 1 aromatic rings. The molecule has 0 aromatic heterocycles. The van der Waals surface area contributed by atoms with Gasteiger partial charge in [-0.3, -0.25) is 19.3 Å². The van der Waals surface area contributed by atoms with Gasteiger partial charge in [0.25, 0.3) is 0 Å². The van der Waals surface area contributed by atoms with Crippen LogP contribution in [0.4, 0.5) is 4.79 Å². The normalized spacial score (nSPS) is 19.9. The maximum atomic E-state index is 14.2. The molecule has 1 aliphatic rings. The van der Waals surface area contributed by atoms with Crippen LogP contribution >= 0.6 is 0 Å². The van der Waals surface area contributed by atoms with E-state index in [0.29, 0.717) is 24.9 Å². The first kappa shape index (κ1) is 42.9. The molecule has 4 amide bonds. The van der Waals surface area contributed by atoms with E-state index in [2.05, 4.69) is 5.32 Å². The van der Waals surface area contributed by atoms with E-state index in [1.807, 2.05) is 58.0 Å². The molecule has 0 spiro atoms. The fourth-order valence-electron chi connectivity index (χ4n) is 7.41. The highest BCUT2D eigenvalue weighted by Crippen LogP contribution is 2.31. The maximum absolute atomic E-state index is 14.2. The minimum atomic E-state index is -1.17. The summed E-state index contributed by atoms with van der Waals surface area (Å²) in [6.07, 6.45) is -1.23. The van der Waals surface area contributed by atoms with Crippen molar-refractivity contribution >= 4 is 23.8 Å². The van der Waals surface area contributed by atoms with E-state index in [9.17, 15) is 29.4 Å². The Morgan fingerprint density at radius 1 is 1.02 bits per heavy atom. The van der Waals surface area contributed by atoms with Crippen LogP contribution in [-0.2, 0) is 23.9 Å². The van der Waals surface area contributed by atoms with Gasteiger partial charge in [0.05, 0.1) is 48.8 Å². The summed E-state index contributed by atoms with van der Waals surface area (Å²) in [5.41, 5.74) is -0.122. The van der Waals surface area contributed by atoms with Gasteiger partial charge in [-0.1, -0.05) is 71.4 Å². The molecule has 1 heterocycles. The fourth-order valence-corrected chi connectivity index (χ4v) is 7.41. The Kier molecular flexibility index (Phi) is 16.2.